The van der Waals surface area contributed by atoms with E-state index in [1.54, 1.807) is 30.3 Å². The summed E-state index contributed by atoms with van der Waals surface area (Å²) in [4.78, 5) is 28.1. The number of rotatable bonds is 7. The van der Waals surface area contributed by atoms with Crippen molar-refractivity contribution in [3.8, 4) is 0 Å². The molecule has 0 atom stereocenters. The molecule has 1 saturated heterocycles. The van der Waals surface area contributed by atoms with Crippen LogP contribution in [-0.4, -0.2) is 31.6 Å². The molecule has 0 saturated carbocycles. The van der Waals surface area contributed by atoms with Gasteiger partial charge in [0.25, 0.3) is 5.91 Å². The Morgan fingerprint density at radius 1 is 0.829 bits per heavy atom. The van der Waals surface area contributed by atoms with Gasteiger partial charge in [-0.3, -0.25) is 4.79 Å². The topological polar surface area (TPSA) is 73.5 Å². The summed E-state index contributed by atoms with van der Waals surface area (Å²) in [5.74, 6) is -0.167. The highest BCUT2D eigenvalue weighted by molar-refractivity contribution is 6.39. The molecule has 6 nitrogen and oxygen atoms in total. The summed E-state index contributed by atoms with van der Waals surface area (Å²) in [6, 6.07) is 20.0. The second kappa shape index (κ2) is 12.0. The van der Waals surface area contributed by atoms with Crippen molar-refractivity contribution in [1.29, 1.82) is 0 Å². The van der Waals surface area contributed by atoms with Crippen LogP contribution in [0, 0.1) is 0 Å². The number of nitrogens with one attached hydrogen (secondary N) is 3. The van der Waals surface area contributed by atoms with Crippen LogP contribution in [0.2, 0.25) is 10.0 Å². The first kappa shape index (κ1) is 24.9. The first-order valence-corrected chi connectivity index (χ1v) is 12.5. The van der Waals surface area contributed by atoms with Gasteiger partial charge in [0.2, 0.25) is 0 Å². The van der Waals surface area contributed by atoms with E-state index in [0.29, 0.717) is 33.5 Å². The van der Waals surface area contributed by atoms with Crippen molar-refractivity contribution in [1.82, 2.24) is 5.32 Å². The molecule has 1 fully saturated rings. The zero-order valence-electron chi connectivity index (χ0n) is 19.3. The van der Waals surface area contributed by atoms with Crippen molar-refractivity contribution in [3.05, 3.63) is 87.9 Å². The second-order valence-electron chi connectivity index (χ2n) is 8.45. The summed E-state index contributed by atoms with van der Waals surface area (Å²) in [6.07, 6.45) is 4.12. The van der Waals surface area contributed by atoms with Crippen LogP contribution in [-0.2, 0) is 6.42 Å². The zero-order valence-corrected chi connectivity index (χ0v) is 20.8. The number of hydrogen-bond donors (Lipinski definition) is 3. The van der Waals surface area contributed by atoms with E-state index in [-0.39, 0.29) is 5.91 Å². The summed E-state index contributed by atoms with van der Waals surface area (Å²) >= 11 is 12.3. The van der Waals surface area contributed by atoms with E-state index in [2.05, 4.69) is 20.9 Å². The molecule has 3 aromatic rings. The van der Waals surface area contributed by atoms with E-state index in [1.165, 1.54) is 6.42 Å². The van der Waals surface area contributed by atoms with Crippen molar-refractivity contribution in [2.75, 3.05) is 35.2 Å². The summed E-state index contributed by atoms with van der Waals surface area (Å²) in [6.45, 7) is 2.33. The largest absolute Gasteiger partial charge is 0.371 e. The highest BCUT2D eigenvalue weighted by Gasteiger charge is 2.20. The molecule has 0 bridgehead atoms. The van der Waals surface area contributed by atoms with Gasteiger partial charge in [-0.25, -0.2) is 4.79 Å². The maximum Gasteiger partial charge on any atom is 0.323 e. The summed E-state index contributed by atoms with van der Waals surface area (Å²) in [7, 11) is 0. The van der Waals surface area contributed by atoms with E-state index in [0.717, 1.165) is 43.6 Å². The number of anilines is 3. The van der Waals surface area contributed by atoms with E-state index in [9.17, 15) is 9.59 Å². The number of nitrogens with zero attached hydrogens (tertiary/aromatic N) is 1. The second-order valence-corrected chi connectivity index (χ2v) is 9.26. The molecule has 3 N–H and O–H groups in total. The monoisotopic (exact) mass is 510 g/mol. The number of piperidine rings is 1. The van der Waals surface area contributed by atoms with Crippen LogP contribution in [0.3, 0.4) is 0 Å². The molecule has 3 amide bonds. The molecule has 0 aliphatic carbocycles. The predicted molar refractivity (Wildman–Crippen MR) is 144 cm³/mol. The fourth-order valence-corrected chi connectivity index (χ4v) is 4.65. The molecule has 0 aromatic heterocycles. The Labute approximate surface area is 215 Å². The number of benzene rings is 3. The quantitative estimate of drug-likeness (QED) is 0.335. The zero-order chi connectivity index (χ0) is 24.6. The molecule has 182 valence electrons. The lowest BCUT2D eigenvalue weighted by Gasteiger charge is -2.30. The molecular formula is C27H28Cl2N4O2. The predicted octanol–water partition coefficient (Wildman–Crippen LogP) is 6.60. The lowest BCUT2D eigenvalue weighted by atomic mass is 10.1. The average molecular weight is 511 g/mol. The Balaban J connectivity index is 1.49. The molecular weight excluding hydrogens is 483 g/mol. The van der Waals surface area contributed by atoms with Gasteiger partial charge in [-0.05, 0) is 61.6 Å². The maximum atomic E-state index is 13.2. The Bertz CT molecular complexity index is 1160. The number of carbonyl (C=O) groups excluding carboxylic acids is 2. The van der Waals surface area contributed by atoms with Gasteiger partial charge in [0.1, 0.15) is 0 Å². The van der Waals surface area contributed by atoms with Gasteiger partial charge in [-0.1, -0.05) is 59.6 Å². The molecule has 0 spiro atoms. The van der Waals surface area contributed by atoms with Crippen LogP contribution in [0.15, 0.2) is 66.7 Å². The minimum Gasteiger partial charge on any atom is -0.371 e. The van der Waals surface area contributed by atoms with Crippen LogP contribution >= 0.6 is 23.2 Å². The third-order valence-corrected chi connectivity index (χ3v) is 6.57. The smallest absolute Gasteiger partial charge is 0.323 e. The van der Waals surface area contributed by atoms with Crippen molar-refractivity contribution in [2.45, 2.75) is 25.7 Å². The normalized spacial score (nSPS) is 13.3. The third-order valence-electron chi connectivity index (χ3n) is 5.94. The molecule has 0 unspecified atom stereocenters. The van der Waals surface area contributed by atoms with Gasteiger partial charge in [-0.15, -0.1) is 0 Å². The Hall–Kier alpha value is -3.22. The highest BCUT2D eigenvalue weighted by Crippen LogP contribution is 2.31. The number of carbonyl (C=O) groups is 2. The van der Waals surface area contributed by atoms with Crippen molar-refractivity contribution in [3.63, 3.8) is 0 Å². The van der Waals surface area contributed by atoms with Gasteiger partial charge >= 0.3 is 6.03 Å². The van der Waals surface area contributed by atoms with Crippen molar-refractivity contribution >= 4 is 52.2 Å². The molecule has 1 aliphatic rings. The number of halogens is 2. The van der Waals surface area contributed by atoms with Crippen LogP contribution in [0.25, 0.3) is 0 Å². The summed E-state index contributed by atoms with van der Waals surface area (Å²) in [5, 5.41) is 9.18. The fourth-order valence-electron chi connectivity index (χ4n) is 4.16. The van der Waals surface area contributed by atoms with Gasteiger partial charge in [0.15, 0.2) is 0 Å². The minimum absolute atomic E-state index is 0.167. The van der Waals surface area contributed by atoms with Gasteiger partial charge in [-0.2, -0.15) is 0 Å². The van der Waals surface area contributed by atoms with Crippen LogP contribution in [0.5, 0.6) is 0 Å². The van der Waals surface area contributed by atoms with Gasteiger partial charge in [0, 0.05) is 31.0 Å². The number of urea groups is 1. The molecule has 1 heterocycles. The van der Waals surface area contributed by atoms with Crippen molar-refractivity contribution in [2.24, 2.45) is 0 Å². The highest BCUT2D eigenvalue weighted by atomic mass is 35.5. The Morgan fingerprint density at radius 2 is 1.54 bits per heavy atom. The van der Waals surface area contributed by atoms with Gasteiger partial charge in [0.05, 0.1) is 21.3 Å². The van der Waals surface area contributed by atoms with Crippen LogP contribution < -0.4 is 20.9 Å². The first-order chi connectivity index (χ1) is 17.0. The number of amides is 3. The molecule has 8 heteroatoms. The lowest BCUT2D eigenvalue weighted by Crippen LogP contribution is -2.33. The molecule has 4 rings (SSSR count). The Kier molecular flexibility index (Phi) is 8.50. The summed E-state index contributed by atoms with van der Waals surface area (Å²) < 4.78 is 0. The first-order valence-electron chi connectivity index (χ1n) is 11.7. The van der Waals surface area contributed by atoms with E-state index in [1.807, 2.05) is 36.4 Å². The fraction of sp³-hybridized carbons (Fsp3) is 0.259. The minimum atomic E-state index is -0.499. The molecule has 3 aromatic carbocycles. The SMILES string of the molecule is O=C(Nc1ccc(N2CCCCC2)c(C(=O)NCCc2ccccc2)c1)Nc1c(Cl)cccc1Cl. The lowest BCUT2D eigenvalue weighted by molar-refractivity contribution is 0.0954. The number of hydrogen-bond acceptors (Lipinski definition) is 3. The van der Waals surface area contributed by atoms with Gasteiger partial charge < -0.3 is 20.9 Å². The number of para-hydroxylation sites is 1. The van der Waals surface area contributed by atoms with Crippen molar-refractivity contribution < 1.29 is 9.59 Å². The standard InChI is InChI=1S/C27H28Cl2N4O2/c28-22-10-7-11-23(29)25(22)32-27(35)31-20-12-13-24(33-16-5-2-6-17-33)21(18-20)26(34)30-15-14-19-8-3-1-4-9-19/h1,3-4,7-13,18H,2,5-6,14-17H2,(H,30,34)(H2,31,32,35). The van der Waals surface area contributed by atoms with E-state index < -0.39 is 6.03 Å². The molecule has 0 radical (unpaired) electrons. The molecule has 1 aliphatic heterocycles. The Morgan fingerprint density at radius 3 is 2.26 bits per heavy atom. The average Bonchev–Trinajstić information content (AvgIpc) is 2.87. The van der Waals surface area contributed by atoms with Crippen LogP contribution in [0.1, 0.15) is 35.2 Å². The summed E-state index contributed by atoms with van der Waals surface area (Å²) in [5.41, 5.74) is 3.40. The maximum absolute atomic E-state index is 13.2. The third kappa shape index (κ3) is 6.68. The van der Waals surface area contributed by atoms with Crippen LogP contribution in [0.4, 0.5) is 21.9 Å². The van der Waals surface area contributed by atoms with E-state index >= 15 is 0 Å². The molecule has 35 heavy (non-hydrogen) atoms. The van der Waals surface area contributed by atoms with E-state index in [4.69, 9.17) is 23.2 Å².